The minimum Gasteiger partial charge on any atom is -0.481 e. The van der Waals surface area contributed by atoms with E-state index in [-0.39, 0.29) is 6.42 Å². The molecule has 0 aliphatic heterocycles. The standard InChI is InChI=1S/C8H7Br2NO2/c9-6-3-11-4-7(10)5(6)1-2-8(12)13/h3-4H,1-2H2,(H,12,13). The van der Waals surface area contributed by atoms with Gasteiger partial charge in [0.15, 0.2) is 0 Å². The van der Waals surface area contributed by atoms with Crippen molar-refractivity contribution in [1.82, 2.24) is 4.98 Å². The van der Waals surface area contributed by atoms with E-state index in [1.807, 2.05) is 0 Å². The molecular weight excluding hydrogens is 302 g/mol. The Balaban J connectivity index is 2.81. The van der Waals surface area contributed by atoms with E-state index in [0.29, 0.717) is 6.42 Å². The number of hydrogen-bond donors (Lipinski definition) is 1. The van der Waals surface area contributed by atoms with Crippen LogP contribution < -0.4 is 0 Å². The smallest absolute Gasteiger partial charge is 0.303 e. The fourth-order valence-corrected chi connectivity index (χ4v) is 2.23. The molecule has 1 N–H and O–H groups in total. The number of carboxylic acids is 1. The van der Waals surface area contributed by atoms with Crippen LogP contribution in [0.25, 0.3) is 0 Å². The Hall–Kier alpha value is -0.420. The Morgan fingerprint density at radius 3 is 2.38 bits per heavy atom. The van der Waals surface area contributed by atoms with Crippen LogP contribution >= 0.6 is 31.9 Å². The number of carbonyl (C=O) groups is 1. The Bertz CT molecular complexity index is 308. The molecule has 13 heavy (non-hydrogen) atoms. The molecule has 0 aromatic carbocycles. The lowest BCUT2D eigenvalue weighted by Crippen LogP contribution is -1.99. The van der Waals surface area contributed by atoms with Crippen LogP contribution in [0.3, 0.4) is 0 Å². The zero-order chi connectivity index (χ0) is 9.84. The number of aromatic nitrogens is 1. The quantitative estimate of drug-likeness (QED) is 0.934. The zero-order valence-corrected chi connectivity index (χ0v) is 9.80. The van der Waals surface area contributed by atoms with Crippen molar-refractivity contribution in [2.45, 2.75) is 12.8 Å². The van der Waals surface area contributed by atoms with Gasteiger partial charge in [0.2, 0.25) is 0 Å². The molecule has 0 bridgehead atoms. The molecular formula is C8H7Br2NO2. The van der Waals surface area contributed by atoms with Crippen LogP contribution in [0.2, 0.25) is 0 Å². The first kappa shape index (κ1) is 10.7. The normalized spacial score (nSPS) is 10.0. The van der Waals surface area contributed by atoms with Crippen molar-refractivity contribution < 1.29 is 9.90 Å². The number of hydrogen-bond acceptors (Lipinski definition) is 2. The summed E-state index contributed by atoms with van der Waals surface area (Å²) in [5.74, 6) is -0.796. The summed E-state index contributed by atoms with van der Waals surface area (Å²) in [6, 6.07) is 0. The summed E-state index contributed by atoms with van der Waals surface area (Å²) < 4.78 is 1.67. The Labute approximate surface area is 92.4 Å². The molecule has 0 aliphatic rings. The summed E-state index contributed by atoms with van der Waals surface area (Å²) in [7, 11) is 0. The van der Waals surface area contributed by atoms with Crippen LogP contribution in [0.4, 0.5) is 0 Å². The molecule has 0 fully saturated rings. The molecule has 0 aliphatic carbocycles. The summed E-state index contributed by atoms with van der Waals surface area (Å²) in [6.07, 6.45) is 3.93. The number of nitrogens with zero attached hydrogens (tertiary/aromatic N) is 1. The summed E-state index contributed by atoms with van der Waals surface area (Å²) in [5, 5.41) is 8.51. The minimum atomic E-state index is -0.796. The van der Waals surface area contributed by atoms with Crippen molar-refractivity contribution in [2.75, 3.05) is 0 Å². The number of rotatable bonds is 3. The molecule has 1 heterocycles. The van der Waals surface area contributed by atoms with Gasteiger partial charge in [0, 0.05) is 27.8 Å². The molecule has 3 nitrogen and oxygen atoms in total. The van der Waals surface area contributed by atoms with Crippen LogP contribution in [0.15, 0.2) is 21.3 Å². The molecule has 0 radical (unpaired) electrons. The van der Waals surface area contributed by atoms with E-state index in [9.17, 15) is 4.79 Å². The fourth-order valence-electron chi connectivity index (χ4n) is 0.909. The van der Waals surface area contributed by atoms with Crippen LogP contribution in [-0.4, -0.2) is 16.1 Å². The van der Waals surface area contributed by atoms with E-state index < -0.39 is 5.97 Å². The average Bonchev–Trinajstić information content (AvgIpc) is 2.03. The first-order valence-corrected chi connectivity index (χ1v) is 5.19. The molecule has 0 spiro atoms. The van der Waals surface area contributed by atoms with Crippen molar-refractivity contribution in [3.05, 3.63) is 26.9 Å². The molecule has 0 atom stereocenters. The Morgan fingerprint density at radius 2 is 1.92 bits per heavy atom. The number of aliphatic carboxylic acids is 1. The second kappa shape index (κ2) is 4.72. The summed E-state index contributed by atoms with van der Waals surface area (Å²) in [4.78, 5) is 14.3. The highest BCUT2D eigenvalue weighted by Crippen LogP contribution is 2.24. The summed E-state index contributed by atoms with van der Waals surface area (Å²) in [5.41, 5.74) is 0.942. The van der Waals surface area contributed by atoms with E-state index in [1.165, 1.54) is 0 Å². The molecule has 0 saturated heterocycles. The largest absolute Gasteiger partial charge is 0.481 e. The second-order valence-electron chi connectivity index (χ2n) is 2.48. The van der Waals surface area contributed by atoms with Gasteiger partial charge >= 0.3 is 5.97 Å². The molecule has 70 valence electrons. The third-order valence-electron chi connectivity index (χ3n) is 1.54. The molecule has 0 saturated carbocycles. The van der Waals surface area contributed by atoms with Gasteiger partial charge in [-0.3, -0.25) is 9.78 Å². The van der Waals surface area contributed by atoms with E-state index in [0.717, 1.165) is 14.5 Å². The SMILES string of the molecule is O=C(O)CCc1c(Br)cncc1Br. The Morgan fingerprint density at radius 1 is 1.38 bits per heavy atom. The van der Waals surface area contributed by atoms with Crippen LogP contribution in [0, 0.1) is 0 Å². The van der Waals surface area contributed by atoms with Gasteiger partial charge < -0.3 is 5.11 Å². The third kappa shape index (κ3) is 3.08. The van der Waals surface area contributed by atoms with Crippen LogP contribution in [0.5, 0.6) is 0 Å². The van der Waals surface area contributed by atoms with Gasteiger partial charge in [0.05, 0.1) is 0 Å². The predicted molar refractivity (Wildman–Crippen MR) is 55.6 cm³/mol. The molecule has 1 aromatic heterocycles. The highest BCUT2D eigenvalue weighted by Gasteiger charge is 2.07. The number of pyridine rings is 1. The number of carboxylic acid groups (broad SMARTS) is 1. The summed E-state index contributed by atoms with van der Waals surface area (Å²) in [6.45, 7) is 0. The van der Waals surface area contributed by atoms with Crippen molar-refractivity contribution >= 4 is 37.8 Å². The van der Waals surface area contributed by atoms with Gasteiger partial charge in [-0.05, 0) is 43.8 Å². The van der Waals surface area contributed by atoms with Gasteiger partial charge in [-0.25, -0.2) is 0 Å². The minimum absolute atomic E-state index is 0.126. The molecule has 1 aromatic rings. The van der Waals surface area contributed by atoms with Crippen LogP contribution in [-0.2, 0) is 11.2 Å². The maximum atomic E-state index is 10.3. The van der Waals surface area contributed by atoms with E-state index in [2.05, 4.69) is 36.8 Å². The van der Waals surface area contributed by atoms with Gasteiger partial charge in [-0.2, -0.15) is 0 Å². The first-order valence-electron chi connectivity index (χ1n) is 3.61. The van der Waals surface area contributed by atoms with E-state index in [4.69, 9.17) is 5.11 Å². The topological polar surface area (TPSA) is 50.2 Å². The molecule has 5 heteroatoms. The monoisotopic (exact) mass is 307 g/mol. The maximum Gasteiger partial charge on any atom is 0.303 e. The highest BCUT2D eigenvalue weighted by atomic mass is 79.9. The average molecular weight is 309 g/mol. The lowest BCUT2D eigenvalue weighted by Gasteiger charge is -2.03. The highest BCUT2D eigenvalue weighted by molar-refractivity contribution is 9.11. The van der Waals surface area contributed by atoms with Crippen molar-refractivity contribution in [3.63, 3.8) is 0 Å². The van der Waals surface area contributed by atoms with Crippen molar-refractivity contribution in [2.24, 2.45) is 0 Å². The third-order valence-corrected chi connectivity index (χ3v) is 2.91. The lowest BCUT2D eigenvalue weighted by atomic mass is 10.1. The summed E-state index contributed by atoms with van der Waals surface area (Å²) >= 11 is 6.62. The van der Waals surface area contributed by atoms with Crippen molar-refractivity contribution in [1.29, 1.82) is 0 Å². The lowest BCUT2D eigenvalue weighted by molar-refractivity contribution is -0.136. The van der Waals surface area contributed by atoms with Gasteiger partial charge in [-0.15, -0.1) is 0 Å². The second-order valence-corrected chi connectivity index (χ2v) is 4.18. The number of halogens is 2. The van der Waals surface area contributed by atoms with E-state index >= 15 is 0 Å². The zero-order valence-electron chi connectivity index (χ0n) is 6.63. The molecule has 0 amide bonds. The first-order chi connectivity index (χ1) is 6.11. The molecule has 0 unspecified atom stereocenters. The van der Waals surface area contributed by atoms with Crippen molar-refractivity contribution in [3.8, 4) is 0 Å². The van der Waals surface area contributed by atoms with Gasteiger partial charge in [0.25, 0.3) is 0 Å². The predicted octanol–water partition coefficient (Wildman–Crippen LogP) is 2.62. The maximum absolute atomic E-state index is 10.3. The molecule has 1 rings (SSSR count). The van der Waals surface area contributed by atoms with Gasteiger partial charge in [-0.1, -0.05) is 0 Å². The van der Waals surface area contributed by atoms with Crippen LogP contribution in [0.1, 0.15) is 12.0 Å². The Kier molecular flexibility index (Phi) is 3.87. The van der Waals surface area contributed by atoms with Gasteiger partial charge in [0.1, 0.15) is 0 Å². The fraction of sp³-hybridized carbons (Fsp3) is 0.250. The van der Waals surface area contributed by atoms with E-state index in [1.54, 1.807) is 12.4 Å².